The topological polar surface area (TPSA) is 28.5 Å². The van der Waals surface area contributed by atoms with Crippen molar-refractivity contribution in [3.05, 3.63) is 24.5 Å². The highest BCUT2D eigenvalue weighted by Gasteiger charge is 2.39. The lowest BCUT2D eigenvalue weighted by Gasteiger charge is -2.35. The molecular formula is C18H29N3O. The Morgan fingerprint density at radius 1 is 1.14 bits per heavy atom. The van der Waals surface area contributed by atoms with Crippen molar-refractivity contribution in [2.24, 2.45) is 0 Å². The Morgan fingerprint density at radius 3 is 2.55 bits per heavy atom. The van der Waals surface area contributed by atoms with Gasteiger partial charge in [0, 0.05) is 43.5 Å². The van der Waals surface area contributed by atoms with E-state index in [0.29, 0.717) is 24.4 Å². The van der Waals surface area contributed by atoms with Crippen LogP contribution >= 0.6 is 0 Å². The van der Waals surface area contributed by atoms with E-state index in [1.165, 1.54) is 32.2 Å². The average Bonchev–Trinajstić information content (AvgIpc) is 3.25. The number of hydrogen-bond acceptors (Lipinski definition) is 2. The first-order valence-electron chi connectivity index (χ1n) is 8.86. The number of carbonyl (C=O) groups is 1. The second-order valence-corrected chi connectivity index (χ2v) is 6.82. The van der Waals surface area contributed by atoms with Crippen LogP contribution in [0.5, 0.6) is 0 Å². The molecule has 0 unspecified atom stereocenters. The van der Waals surface area contributed by atoms with Crippen LogP contribution in [0.3, 0.4) is 0 Å². The van der Waals surface area contributed by atoms with E-state index >= 15 is 0 Å². The van der Waals surface area contributed by atoms with E-state index in [0.717, 1.165) is 13.1 Å². The minimum absolute atomic E-state index is 0.245. The van der Waals surface area contributed by atoms with E-state index in [4.69, 9.17) is 0 Å². The maximum absolute atomic E-state index is 12.8. The molecule has 0 aromatic carbocycles. The Hall–Kier alpha value is -1.29. The second-order valence-electron chi connectivity index (χ2n) is 6.82. The van der Waals surface area contributed by atoms with Gasteiger partial charge in [-0.25, -0.2) is 0 Å². The molecule has 1 aromatic rings. The molecule has 2 saturated heterocycles. The van der Waals surface area contributed by atoms with Crippen molar-refractivity contribution in [1.29, 1.82) is 0 Å². The quantitative estimate of drug-likeness (QED) is 0.837. The summed E-state index contributed by atoms with van der Waals surface area (Å²) >= 11 is 0. The highest BCUT2D eigenvalue weighted by molar-refractivity contribution is 5.77. The van der Waals surface area contributed by atoms with Gasteiger partial charge in [0.15, 0.2) is 0 Å². The fourth-order valence-corrected chi connectivity index (χ4v) is 4.30. The van der Waals surface area contributed by atoms with Crippen LogP contribution in [0.4, 0.5) is 0 Å². The lowest BCUT2D eigenvalue weighted by Crippen LogP contribution is -2.48. The van der Waals surface area contributed by atoms with Gasteiger partial charge in [0.05, 0.1) is 0 Å². The molecule has 1 aromatic heterocycles. The fourth-order valence-electron chi connectivity index (χ4n) is 4.30. The van der Waals surface area contributed by atoms with E-state index in [9.17, 15) is 4.79 Å². The number of likely N-dealkylation sites (tertiary alicyclic amines) is 2. The maximum Gasteiger partial charge on any atom is 0.224 e. The van der Waals surface area contributed by atoms with Gasteiger partial charge in [0.2, 0.25) is 5.91 Å². The molecule has 0 radical (unpaired) electrons. The second kappa shape index (κ2) is 6.86. The van der Waals surface area contributed by atoms with E-state index in [1.54, 1.807) is 0 Å². The molecule has 2 fully saturated rings. The minimum atomic E-state index is 0.245. The van der Waals surface area contributed by atoms with Crippen molar-refractivity contribution in [3.8, 4) is 0 Å². The number of amides is 1. The fraction of sp³-hybridized carbons (Fsp3) is 0.722. The summed E-state index contributed by atoms with van der Waals surface area (Å²) in [5.74, 6) is 0.339. The van der Waals surface area contributed by atoms with Crippen molar-refractivity contribution >= 4 is 5.91 Å². The number of rotatable bonds is 5. The molecule has 4 nitrogen and oxygen atoms in total. The SMILES string of the molecule is CCN1CCC[C@@H]1[C@@H]1CCCN1C(=O)C[C@H](C)n1cccc1. The van der Waals surface area contributed by atoms with Gasteiger partial charge in [-0.3, -0.25) is 9.69 Å². The Bertz CT molecular complexity index is 485. The molecule has 0 spiro atoms. The van der Waals surface area contributed by atoms with Gasteiger partial charge >= 0.3 is 0 Å². The summed E-state index contributed by atoms with van der Waals surface area (Å²) in [6, 6.07) is 5.34. The molecule has 2 aliphatic rings. The van der Waals surface area contributed by atoms with Crippen LogP contribution in [0.1, 0.15) is 52.0 Å². The Balaban J connectivity index is 1.63. The molecule has 3 rings (SSSR count). The average molecular weight is 303 g/mol. The summed E-state index contributed by atoms with van der Waals surface area (Å²) in [6.45, 7) is 7.66. The van der Waals surface area contributed by atoms with Gasteiger partial charge in [-0.05, 0) is 57.8 Å². The highest BCUT2D eigenvalue weighted by Crippen LogP contribution is 2.30. The monoisotopic (exact) mass is 303 g/mol. The summed E-state index contributed by atoms with van der Waals surface area (Å²) in [5, 5.41) is 0. The van der Waals surface area contributed by atoms with Gasteiger partial charge in [-0.15, -0.1) is 0 Å². The van der Waals surface area contributed by atoms with E-state index in [1.807, 2.05) is 12.1 Å². The summed E-state index contributed by atoms with van der Waals surface area (Å²) < 4.78 is 2.14. The molecule has 1 amide bonds. The van der Waals surface area contributed by atoms with Gasteiger partial charge in [0.25, 0.3) is 0 Å². The molecule has 3 atom stereocenters. The molecule has 122 valence electrons. The maximum atomic E-state index is 12.8. The molecule has 22 heavy (non-hydrogen) atoms. The van der Waals surface area contributed by atoms with Gasteiger partial charge in [-0.1, -0.05) is 6.92 Å². The molecule has 0 saturated carbocycles. The van der Waals surface area contributed by atoms with Crippen molar-refractivity contribution < 1.29 is 4.79 Å². The predicted molar refractivity (Wildman–Crippen MR) is 88.8 cm³/mol. The van der Waals surface area contributed by atoms with Crippen LogP contribution in [0, 0.1) is 0 Å². The van der Waals surface area contributed by atoms with Crippen LogP contribution in [0.25, 0.3) is 0 Å². The zero-order valence-corrected chi connectivity index (χ0v) is 13.9. The molecule has 0 N–H and O–H groups in total. The third-order valence-corrected chi connectivity index (χ3v) is 5.49. The van der Waals surface area contributed by atoms with Crippen molar-refractivity contribution in [2.75, 3.05) is 19.6 Å². The van der Waals surface area contributed by atoms with Gasteiger partial charge < -0.3 is 9.47 Å². The standard InChI is InChI=1S/C18H29N3O/c1-3-19-12-6-8-16(19)17-9-7-13-21(17)18(22)14-15(2)20-10-4-5-11-20/h4-5,10-11,15-17H,3,6-9,12-14H2,1-2H3/t15-,16+,17-/m0/s1. The Morgan fingerprint density at radius 2 is 1.82 bits per heavy atom. The number of hydrogen-bond donors (Lipinski definition) is 0. The van der Waals surface area contributed by atoms with Crippen molar-refractivity contribution in [1.82, 2.24) is 14.4 Å². The van der Waals surface area contributed by atoms with E-state index in [2.05, 4.69) is 40.6 Å². The summed E-state index contributed by atoms with van der Waals surface area (Å²) in [6.07, 6.45) is 9.62. The smallest absolute Gasteiger partial charge is 0.224 e. The first-order valence-corrected chi connectivity index (χ1v) is 8.86. The molecule has 2 aliphatic heterocycles. The lowest BCUT2D eigenvalue weighted by atomic mass is 10.0. The Labute approximate surface area is 134 Å². The molecule has 0 aliphatic carbocycles. The predicted octanol–water partition coefficient (Wildman–Crippen LogP) is 2.91. The first-order chi connectivity index (χ1) is 10.7. The molecular weight excluding hydrogens is 274 g/mol. The molecule has 0 bridgehead atoms. The van der Waals surface area contributed by atoms with Gasteiger partial charge in [-0.2, -0.15) is 0 Å². The number of aromatic nitrogens is 1. The first kappa shape index (κ1) is 15.6. The number of carbonyl (C=O) groups excluding carboxylic acids is 1. The zero-order chi connectivity index (χ0) is 15.5. The van der Waals surface area contributed by atoms with Gasteiger partial charge in [0.1, 0.15) is 0 Å². The summed E-state index contributed by atoms with van der Waals surface area (Å²) in [4.78, 5) is 17.6. The Kier molecular flexibility index (Phi) is 4.87. The van der Waals surface area contributed by atoms with E-state index < -0.39 is 0 Å². The summed E-state index contributed by atoms with van der Waals surface area (Å²) in [5.41, 5.74) is 0. The number of nitrogens with zero attached hydrogens (tertiary/aromatic N) is 3. The normalized spacial score (nSPS) is 27.5. The largest absolute Gasteiger partial charge is 0.351 e. The number of likely N-dealkylation sites (N-methyl/N-ethyl adjacent to an activating group) is 1. The molecule has 3 heterocycles. The van der Waals surface area contributed by atoms with Crippen molar-refractivity contribution in [3.63, 3.8) is 0 Å². The highest BCUT2D eigenvalue weighted by atomic mass is 16.2. The van der Waals surface area contributed by atoms with E-state index in [-0.39, 0.29) is 6.04 Å². The van der Waals surface area contributed by atoms with Crippen molar-refractivity contribution in [2.45, 2.75) is 64.1 Å². The van der Waals surface area contributed by atoms with Crippen LogP contribution in [0.15, 0.2) is 24.5 Å². The third-order valence-electron chi connectivity index (χ3n) is 5.49. The minimum Gasteiger partial charge on any atom is -0.351 e. The van der Waals surface area contributed by atoms with Crippen LogP contribution in [-0.4, -0.2) is 52.0 Å². The van der Waals surface area contributed by atoms with Crippen LogP contribution < -0.4 is 0 Å². The van der Waals surface area contributed by atoms with Crippen LogP contribution in [-0.2, 0) is 4.79 Å². The summed E-state index contributed by atoms with van der Waals surface area (Å²) in [7, 11) is 0. The lowest BCUT2D eigenvalue weighted by molar-refractivity contribution is -0.133. The zero-order valence-electron chi connectivity index (χ0n) is 13.9. The van der Waals surface area contributed by atoms with Crippen LogP contribution in [0.2, 0.25) is 0 Å². The molecule has 4 heteroatoms. The third kappa shape index (κ3) is 3.07.